The number of benzene rings is 1. The van der Waals surface area contributed by atoms with Crippen LogP contribution >= 0.6 is 11.3 Å². The van der Waals surface area contributed by atoms with E-state index in [0.29, 0.717) is 4.88 Å². The van der Waals surface area contributed by atoms with Gasteiger partial charge in [0.1, 0.15) is 6.54 Å². The molecule has 0 aliphatic carbocycles. The average Bonchev–Trinajstić information content (AvgIpc) is 3.12. The van der Waals surface area contributed by atoms with Crippen molar-refractivity contribution in [3.8, 4) is 21.0 Å². The molecule has 0 aliphatic rings. The maximum Gasteiger partial charge on any atom is 0.435 e. The number of carboxylic acids is 1. The van der Waals surface area contributed by atoms with Crippen LogP contribution in [0.3, 0.4) is 0 Å². The van der Waals surface area contributed by atoms with Gasteiger partial charge in [-0.3, -0.25) is 9.48 Å². The molecule has 0 amide bonds. The summed E-state index contributed by atoms with van der Waals surface area (Å²) in [6.07, 6.45) is -4.63. The first-order valence-corrected chi connectivity index (χ1v) is 8.10. The summed E-state index contributed by atoms with van der Waals surface area (Å²) in [5.74, 6) is -1.26. The van der Waals surface area contributed by atoms with Crippen molar-refractivity contribution in [3.05, 3.63) is 53.7 Å². The summed E-state index contributed by atoms with van der Waals surface area (Å²) in [6, 6.07) is 12.1. The van der Waals surface area contributed by atoms with Crippen LogP contribution in [-0.4, -0.2) is 20.9 Å². The molecule has 0 radical (unpaired) electrons. The summed E-state index contributed by atoms with van der Waals surface area (Å²) >= 11 is 1.29. The highest BCUT2D eigenvalue weighted by Crippen LogP contribution is 2.37. The van der Waals surface area contributed by atoms with Crippen LogP contribution in [0.25, 0.3) is 21.0 Å². The highest BCUT2D eigenvalue weighted by Gasteiger charge is 2.35. The topological polar surface area (TPSA) is 55.1 Å². The van der Waals surface area contributed by atoms with E-state index in [9.17, 15) is 18.0 Å². The number of hydrogen-bond donors (Lipinski definition) is 1. The third-order valence-corrected chi connectivity index (χ3v) is 4.67. The van der Waals surface area contributed by atoms with Gasteiger partial charge in [0.25, 0.3) is 0 Å². The SMILES string of the molecule is Cc1cccc(-c2ccc(-c3cc(C(F)(F)F)nn3CC(=O)O)s2)c1. The van der Waals surface area contributed by atoms with E-state index in [-0.39, 0.29) is 5.69 Å². The first-order chi connectivity index (χ1) is 11.7. The van der Waals surface area contributed by atoms with Gasteiger partial charge in [0, 0.05) is 4.88 Å². The molecule has 2 heterocycles. The molecule has 3 rings (SSSR count). The van der Waals surface area contributed by atoms with Gasteiger partial charge < -0.3 is 5.11 Å². The number of aliphatic carboxylic acids is 1. The summed E-state index contributed by atoms with van der Waals surface area (Å²) in [4.78, 5) is 12.3. The van der Waals surface area contributed by atoms with Crippen molar-refractivity contribution >= 4 is 17.3 Å². The van der Waals surface area contributed by atoms with Crippen molar-refractivity contribution in [2.45, 2.75) is 19.6 Å². The van der Waals surface area contributed by atoms with E-state index in [1.54, 1.807) is 12.1 Å². The minimum atomic E-state index is -4.63. The second-order valence-electron chi connectivity index (χ2n) is 5.50. The van der Waals surface area contributed by atoms with Gasteiger partial charge in [0.15, 0.2) is 5.69 Å². The van der Waals surface area contributed by atoms with Gasteiger partial charge in [0.2, 0.25) is 0 Å². The number of alkyl halides is 3. The number of halogens is 3. The first kappa shape index (κ1) is 17.2. The van der Waals surface area contributed by atoms with E-state index in [0.717, 1.165) is 26.8 Å². The van der Waals surface area contributed by atoms with Crippen LogP contribution in [0.5, 0.6) is 0 Å². The zero-order chi connectivity index (χ0) is 18.2. The van der Waals surface area contributed by atoms with Crippen molar-refractivity contribution in [2.75, 3.05) is 0 Å². The molecule has 0 saturated heterocycles. The highest BCUT2D eigenvalue weighted by molar-refractivity contribution is 7.18. The van der Waals surface area contributed by atoms with E-state index in [2.05, 4.69) is 5.10 Å². The monoisotopic (exact) mass is 366 g/mol. The Morgan fingerprint density at radius 1 is 1.20 bits per heavy atom. The number of carboxylic acid groups (broad SMARTS) is 1. The Morgan fingerprint density at radius 2 is 1.92 bits per heavy atom. The van der Waals surface area contributed by atoms with Crippen LogP contribution in [0.1, 0.15) is 11.3 Å². The molecule has 0 aliphatic heterocycles. The molecular weight excluding hydrogens is 353 g/mol. The predicted octanol–water partition coefficient (Wildman–Crippen LogP) is 4.69. The number of aromatic nitrogens is 2. The molecule has 0 spiro atoms. The van der Waals surface area contributed by atoms with Crippen molar-refractivity contribution in [2.24, 2.45) is 0 Å². The minimum absolute atomic E-state index is 0.138. The zero-order valence-electron chi connectivity index (χ0n) is 13.0. The molecule has 2 aromatic heterocycles. The average molecular weight is 366 g/mol. The summed E-state index contributed by atoms with van der Waals surface area (Å²) < 4.78 is 39.7. The van der Waals surface area contributed by atoms with Crippen LogP contribution < -0.4 is 0 Å². The van der Waals surface area contributed by atoms with Crippen LogP contribution in [0.15, 0.2) is 42.5 Å². The number of rotatable bonds is 4. The van der Waals surface area contributed by atoms with Gasteiger partial charge in [-0.15, -0.1) is 11.3 Å². The largest absolute Gasteiger partial charge is 0.480 e. The van der Waals surface area contributed by atoms with Crippen molar-refractivity contribution in [1.29, 1.82) is 0 Å². The van der Waals surface area contributed by atoms with Gasteiger partial charge >= 0.3 is 12.1 Å². The Morgan fingerprint density at radius 3 is 2.56 bits per heavy atom. The molecule has 1 N–H and O–H groups in total. The number of aryl methyl sites for hydroxylation is 1. The fourth-order valence-electron chi connectivity index (χ4n) is 2.43. The molecule has 0 saturated carbocycles. The van der Waals surface area contributed by atoms with Crippen molar-refractivity contribution < 1.29 is 23.1 Å². The number of nitrogens with zero attached hydrogens (tertiary/aromatic N) is 2. The fourth-order valence-corrected chi connectivity index (χ4v) is 3.45. The molecule has 130 valence electrons. The van der Waals surface area contributed by atoms with Crippen LogP contribution in [0.2, 0.25) is 0 Å². The molecule has 0 atom stereocenters. The molecule has 4 nitrogen and oxygen atoms in total. The van der Waals surface area contributed by atoms with Crippen LogP contribution in [0, 0.1) is 6.92 Å². The molecule has 25 heavy (non-hydrogen) atoms. The smallest absolute Gasteiger partial charge is 0.435 e. The van der Waals surface area contributed by atoms with E-state index in [1.807, 2.05) is 31.2 Å². The minimum Gasteiger partial charge on any atom is -0.480 e. The first-order valence-electron chi connectivity index (χ1n) is 7.28. The van der Waals surface area contributed by atoms with Crippen LogP contribution in [0.4, 0.5) is 13.2 Å². The fraction of sp³-hybridized carbons (Fsp3) is 0.176. The highest BCUT2D eigenvalue weighted by atomic mass is 32.1. The van der Waals surface area contributed by atoms with Crippen LogP contribution in [-0.2, 0) is 17.5 Å². The van der Waals surface area contributed by atoms with Gasteiger partial charge in [-0.05, 0) is 30.7 Å². The third kappa shape index (κ3) is 3.74. The number of hydrogen-bond acceptors (Lipinski definition) is 3. The summed E-state index contributed by atoms with van der Waals surface area (Å²) in [5.41, 5.74) is 1.06. The number of carbonyl (C=O) groups is 1. The van der Waals surface area contributed by atoms with Gasteiger partial charge in [-0.1, -0.05) is 29.8 Å². The zero-order valence-corrected chi connectivity index (χ0v) is 13.9. The Hall–Kier alpha value is -2.61. The summed E-state index contributed by atoms with van der Waals surface area (Å²) in [5, 5.41) is 12.3. The Balaban J connectivity index is 2.04. The molecule has 3 aromatic rings. The lowest BCUT2D eigenvalue weighted by atomic mass is 10.1. The quantitative estimate of drug-likeness (QED) is 0.729. The van der Waals surface area contributed by atoms with Gasteiger partial charge in [-0.25, -0.2) is 0 Å². The predicted molar refractivity (Wildman–Crippen MR) is 88.4 cm³/mol. The second-order valence-corrected chi connectivity index (χ2v) is 6.58. The summed E-state index contributed by atoms with van der Waals surface area (Å²) in [7, 11) is 0. The van der Waals surface area contributed by atoms with E-state index in [4.69, 9.17) is 5.11 Å². The Kier molecular flexibility index (Phi) is 4.38. The van der Waals surface area contributed by atoms with Gasteiger partial charge in [-0.2, -0.15) is 18.3 Å². The molecular formula is C17H13F3N2O2S. The second kappa shape index (κ2) is 6.36. The molecule has 0 unspecified atom stereocenters. The Bertz CT molecular complexity index is 928. The summed E-state index contributed by atoms with van der Waals surface area (Å²) in [6.45, 7) is 1.32. The molecule has 0 fully saturated rings. The lowest BCUT2D eigenvalue weighted by molar-refractivity contribution is -0.143. The van der Waals surface area contributed by atoms with E-state index in [1.165, 1.54) is 11.3 Å². The van der Waals surface area contributed by atoms with Gasteiger partial charge in [0.05, 0.1) is 10.6 Å². The standard InChI is InChI=1S/C17H13F3N2O2S/c1-10-3-2-4-11(7-10)13-5-6-14(25-13)12-8-15(17(18,19)20)21-22(12)9-16(23)24/h2-8H,9H2,1H3,(H,23,24). The lowest BCUT2D eigenvalue weighted by Crippen LogP contribution is -2.13. The Labute approximate surface area is 145 Å². The van der Waals surface area contributed by atoms with E-state index < -0.39 is 24.4 Å². The molecule has 1 aromatic carbocycles. The normalized spacial score (nSPS) is 11.7. The molecule has 8 heteroatoms. The van der Waals surface area contributed by atoms with Crippen molar-refractivity contribution in [1.82, 2.24) is 9.78 Å². The maximum atomic E-state index is 12.9. The van der Waals surface area contributed by atoms with Crippen molar-refractivity contribution in [3.63, 3.8) is 0 Å². The lowest BCUT2D eigenvalue weighted by Gasteiger charge is -2.02. The maximum absolute atomic E-state index is 12.9. The molecule has 0 bridgehead atoms. The number of thiophene rings is 1. The van der Waals surface area contributed by atoms with E-state index >= 15 is 0 Å². The third-order valence-electron chi connectivity index (χ3n) is 3.52.